The van der Waals surface area contributed by atoms with Gasteiger partial charge in [-0.1, -0.05) is 19.9 Å². The molecule has 1 rings (SSSR count). The van der Waals surface area contributed by atoms with Crippen molar-refractivity contribution in [2.24, 2.45) is 5.92 Å². The first-order valence-electron chi connectivity index (χ1n) is 6.12. The Kier molecular flexibility index (Phi) is 5.44. The Bertz CT molecular complexity index is 460. The highest BCUT2D eigenvalue weighted by Crippen LogP contribution is 2.13. The van der Waals surface area contributed by atoms with Crippen molar-refractivity contribution in [2.75, 3.05) is 6.54 Å². The highest BCUT2D eigenvalue weighted by molar-refractivity contribution is 5.94. The lowest BCUT2D eigenvalue weighted by Crippen LogP contribution is -2.28. The average molecular weight is 266 g/mol. The zero-order valence-electron chi connectivity index (χ0n) is 11.0. The van der Waals surface area contributed by atoms with Gasteiger partial charge in [-0.3, -0.25) is 14.9 Å². The molecule has 0 aromatic heterocycles. The molecule has 6 heteroatoms. The van der Waals surface area contributed by atoms with Crippen LogP contribution in [0.2, 0.25) is 0 Å². The maximum atomic E-state index is 11.8. The van der Waals surface area contributed by atoms with Crippen LogP contribution in [0, 0.1) is 16.0 Å². The fourth-order valence-electron chi connectivity index (χ4n) is 1.53. The van der Waals surface area contributed by atoms with Crippen LogP contribution in [-0.4, -0.2) is 28.6 Å². The molecule has 0 aliphatic heterocycles. The fraction of sp³-hybridized carbons (Fsp3) is 0.462. The number of non-ortho nitro benzene ring substituents is 1. The summed E-state index contributed by atoms with van der Waals surface area (Å²) in [7, 11) is 0. The Balaban J connectivity index is 2.54. The van der Waals surface area contributed by atoms with E-state index in [4.69, 9.17) is 0 Å². The SMILES string of the molecule is CC(C)C(O)CCNC(=O)c1cccc([N+](=O)[O-])c1. The van der Waals surface area contributed by atoms with Crippen LogP contribution >= 0.6 is 0 Å². The summed E-state index contributed by atoms with van der Waals surface area (Å²) >= 11 is 0. The minimum Gasteiger partial charge on any atom is -0.393 e. The molecule has 1 aromatic carbocycles. The maximum Gasteiger partial charge on any atom is 0.270 e. The summed E-state index contributed by atoms with van der Waals surface area (Å²) in [5.74, 6) is -0.241. The van der Waals surface area contributed by atoms with Gasteiger partial charge in [-0.2, -0.15) is 0 Å². The quantitative estimate of drug-likeness (QED) is 0.605. The monoisotopic (exact) mass is 266 g/mol. The van der Waals surface area contributed by atoms with E-state index in [1.807, 2.05) is 13.8 Å². The van der Waals surface area contributed by atoms with Crippen LogP contribution < -0.4 is 5.32 Å². The third-order valence-corrected chi connectivity index (χ3v) is 2.81. The molecule has 1 amide bonds. The number of hydrogen-bond donors (Lipinski definition) is 2. The normalized spacial score (nSPS) is 12.2. The van der Waals surface area contributed by atoms with Crippen molar-refractivity contribution < 1.29 is 14.8 Å². The van der Waals surface area contributed by atoms with E-state index in [1.165, 1.54) is 24.3 Å². The van der Waals surface area contributed by atoms with Gasteiger partial charge in [0.05, 0.1) is 11.0 Å². The van der Waals surface area contributed by atoms with Crippen LogP contribution in [0.1, 0.15) is 30.6 Å². The largest absolute Gasteiger partial charge is 0.393 e. The summed E-state index contributed by atoms with van der Waals surface area (Å²) in [5, 5.41) is 22.8. The number of nitrogens with one attached hydrogen (secondary N) is 1. The van der Waals surface area contributed by atoms with Crippen LogP contribution in [-0.2, 0) is 0 Å². The first-order chi connectivity index (χ1) is 8.91. The summed E-state index contributed by atoms with van der Waals surface area (Å²) in [6, 6.07) is 5.55. The molecule has 0 bridgehead atoms. The summed E-state index contributed by atoms with van der Waals surface area (Å²) in [5.41, 5.74) is 0.128. The first-order valence-corrected chi connectivity index (χ1v) is 6.12. The van der Waals surface area contributed by atoms with Crippen molar-refractivity contribution in [1.82, 2.24) is 5.32 Å². The van der Waals surface area contributed by atoms with Crippen molar-refractivity contribution in [1.29, 1.82) is 0 Å². The van der Waals surface area contributed by atoms with E-state index in [1.54, 1.807) is 0 Å². The Labute approximate surface area is 111 Å². The second kappa shape index (κ2) is 6.84. The van der Waals surface area contributed by atoms with Gasteiger partial charge in [0.1, 0.15) is 0 Å². The number of rotatable bonds is 6. The molecule has 1 aromatic rings. The van der Waals surface area contributed by atoms with E-state index >= 15 is 0 Å². The third-order valence-electron chi connectivity index (χ3n) is 2.81. The molecule has 6 nitrogen and oxygen atoms in total. The van der Waals surface area contributed by atoms with Crippen LogP contribution in [0.3, 0.4) is 0 Å². The lowest BCUT2D eigenvalue weighted by Gasteiger charge is -2.14. The van der Waals surface area contributed by atoms with Gasteiger partial charge in [0.25, 0.3) is 11.6 Å². The number of carbonyl (C=O) groups is 1. The second-order valence-corrected chi connectivity index (χ2v) is 4.66. The van der Waals surface area contributed by atoms with E-state index in [0.29, 0.717) is 13.0 Å². The molecule has 0 spiro atoms. The van der Waals surface area contributed by atoms with Crippen molar-refractivity contribution in [2.45, 2.75) is 26.4 Å². The number of aliphatic hydroxyl groups excluding tert-OH is 1. The minimum absolute atomic E-state index is 0.116. The van der Waals surface area contributed by atoms with E-state index in [-0.39, 0.29) is 23.1 Å². The molecule has 0 saturated carbocycles. The molecule has 2 N–H and O–H groups in total. The molecule has 1 unspecified atom stereocenters. The molecular formula is C13H18N2O4. The lowest BCUT2D eigenvalue weighted by atomic mass is 10.0. The van der Waals surface area contributed by atoms with Gasteiger partial charge in [-0.05, 0) is 18.4 Å². The van der Waals surface area contributed by atoms with Crippen molar-refractivity contribution in [3.05, 3.63) is 39.9 Å². The van der Waals surface area contributed by atoms with Crippen LogP contribution in [0.5, 0.6) is 0 Å². The number of nitro groups is 1. The standard InChI is InChI=1S/C13H18N2O4/c1-9(2)12(16)6-7-14-13(17)10-4-3-5-11(8-10)15(18)19/h3-5,8-9,12,16H,6-7H2,1-2H3,(H,14,17). The van der Waals surface area contributed by atoms with Gasteiger partial charge in [0.2, 0.25) is 0 Å². The number of benzene rings is 1. The number of amides is 1. The third kappa shape index (κ3) is 4.67. The van der Waals surface area contributed by atoms with Crippen molar-refractivity contribution in [3.8, 4) is 0 Å². The Morgan fingerprint density at radius 3 is 2.74 bits per heavy atom. The lowest BCUT2D eigenvalue weighted by molar-refractivity contribution is -0.384. The van der Waals surface area contributed by atoms with Gasteiger partial charge in [0.15, 0.2) is 0 Å². The molecule has 0 heterocycles. The first kappa shape index (κ1) is 15.1. The minimum atomic E-state index is -0.542. The Morgan fingerprint density at radius 2 is 2.16 bits per heavy atom. The molecule has 0 aliphatic carbocycles. The van der Waals surface area contributed by atoms with E-state index < -0.39 is 11.0 Å². The highest BCUT2D eigenvalue weighted by Gasteiger charge is 2.12. The van der Waals surface area contributed by atoms with Crippen LogP contribution in [0.15, 0.2) is 24.3 Å². The average Bonchev–Trinajstić information content (AvgIpc) is 2.38. The highest BCUT2D eigenvalue weighted by atomic mass is 16.6. The van der Waals surface area contributed by atoms with Gasteiger partial charge in [-0.15, -0.1) is 0 Å². The van der Waals surface area contributed by atoms with E-state index in [0.717, 1.165) is 0 Å². The number of nitro benzene ring substituents is 1. The van der Waals surface area contributed by atoms with Gasteiger partial charge in [0, 0.05) is 24.2 Å². The van der Waals surface area contributed by atoms with Crippen molar-refractivity contribution >= 4 is 11.6 Å². The Hall–Kier alpha value is -1.95. The molecular weight excluding hydrogens is 248 g/mol. The summed E-state index contributed by atoms with van der Waals surface area (Å²) in [4.78, 5) is 21.8. The predicted molar refractivity (Wildman–Crippen MR) is 70.9 cm³/mol. The fourth-order valence-corrected chi connectivity index (χ4v) is 1.53. The number of nitrogens with zero attached hydrogens (tertiary/aromatic N) is 1. The molecule has 1 atom stereocenters. The predicted octanol–water partition coefficient (Wildman–Crippen LogP) is 1.73. The maximum absolute atomic E-state index is 11.8. The van der Waals surface area contributed by atoms with E-state index in [2.05, 4.69) is 5.32 Å². The summed E-state index contributed by atoms with van der Waals surface area (Å²) < 4.78 is 0. The number of aliphatic hydroxyl groups is 1. The van der Waals surface area contributed by atoms with Crippen LogP contribution in [0.25, 0.3) is 0 Å². The number of carbonyl (C=O) groups excluding carboxylic acids is 1. The number of hydrogen-bond acceptors (Lipinski definition) is 4. The summed E-state index contributed by atoms with van der Waals surface area (Å²) in [6.07, 6.45) is -0.0105. The molecule has 0 saturated heterocycles. The van der Waals surface area contributed by atoms with E-state index in [9.17, 15) is 20.0 Å². The molecule has 0 aliphatic rings. The molecule has 0 radical (unpaired) electrons. The zero-order valence-corrected chi connectivity index (χ0v) is 11.0. The Morgan fingerprint density at radius 1 is 1.47 bits per heavy atom. The van der Waals surface area contributed by atoms with Gasteiger partial charge < -0.3 is 10.4 Å². The topological polar surface area (TPSA) is 92.5 Å². The van der Waals surface area contributed by atoms with Gasteiger partial charge in [-0.25, -0.2) is 0 Å². The summed E-state index contributed by atoms with van der Waals surface area (Å²) in [6.45, 7) is 4.13. The molecule has 0 fully saturated rings. The smallest absolute Gasteiger partial charge is 0.270 e. The molecule has 104 valence electrons. The molecule has 19 heavy (non-hydrogen) atoms. The second-order valence-electron chi connectivity index (χ2n) is 4.66. The van der Waals surface area contributed by atoms with Crippen LogP contribution in [0.4, 0.5) is 5.69 Å². The van der Waals surface area contributed by atoms with Crippen molar-refractivity contribution in [3.63, 3.8) is 0 Å². The van der Waals surface area contributed by atoms with Gasteiger partial charge >= 0.3 is 0 Å². The zero-order chi connectivity index (χ0) is 14.4.